The quantitative estimate of drug-likeness (QED) is 0.746. The molecule has 0 saturated heterocycles. The van der Waals surface area contributed by atoms with Gasteiger partial charge in [0.2, 0.25) is 0 Å². The van der Waals surface area contributed by atoms with Gasteiger partial charge in [-0.3, -0.25) is 4.98 Å². The van der Waals surface area contributed by atoms with E-state index in [0.717, 1.165) is 21.8 Å². The van der Waals surface area contributed by atoms with E-state index in [-0.39, 0.29) is 0 Å². The van der Waals surface area contributed by atoms with Crippen molar-refractivity contribution < 1.29 is 14.2 Å². The fourth-order valence-corrected chi connectivity index (χ4v) is 2.53. The minimum absolute atomic E-state index is 0.357. The number of hydrogen-bond acceptors (Lipinski definition) is 4. The number of halogens is 1. The number of nitrogens with zero attached hydrogens (tertiary/aromatic N) is 1. The summed E-state index contributed by atoms with van der Waals surface area (Å²) in [7, 11) is 0.357. The highest BCUT2D eigenvalue weighted by Gasteiger charge is 2.35. The van der Waals surface area contributed by atoms with Gasteiger partial charge in [-0.25, -0.2) is 0 Å². The average Bonchev–Trinajstić information content (AvgIpc) is 2.85. The number of fused-ring (bicyclic) bond motifs is 3. The second kappa shape index (κ2) is 5.51. The number of furan rings is 1. The maximum absolute atomic E-state index is 10.2. The molecule has 23 heavy (non-hydrogen) atoms. The number of hydrogen-bond donors (Lipinski definition) is 1. The first kappa shape index (κ1) is 16.3. The Balaban J connectivity index is 2.05. The van der Waals surface area contributed by atoms with Gasteiger partial charge in [-0.05, 0) is 39.2 Å². The number of rotatable bonds is 4. The Morgan fingerprint density at radius 1 is 1.22 bits per heavy atom. The largest absolute Gasteiger partial charge is 0.454 e. The van der Waals surface area contributed by atoms with E-state index in [4.69, 9.17) is 20.7 Å². The minimum Gasteiger partial charge on any atom is -0.454 e. The molecule has 0 spiro atoms. The van der Waals surface area contributed by atoms with Crippen LogP contribution in [0.1, 0.15) is 27.7 Å². The van der Waals surface area contributed by atoms with Crippen molar-refractivity contribution >= 4 is 46.5 Å². The van der Waals surface area contributed by atoms with Gasteiger partial charge in [0.05, 0.1) is 11.2 Å². The van der Waals surface area contributed by atoms with Crippen LogP contribution in [-0.2, 0) is 4.65 Å². The van der Waals surface area contributed by atoms with Crippen molar-refractivity contribution in [3.63, 3.8) is 0 Å². The Labute approximate surface area is 140 Å². The monoisotopic (exact) mass is 331 g/mol. The number of aliphatic hydroxyl groups is 1. The second-order valence-electron chi connectivity index (χ2n) is 6.75. The van der Waals surface area contributed by atoms with Crippen molar-refractivity contribution in [2.75, 3.05) is 0 Å². The van der Waals surface area contributed by atoms with Crippen LogP contribution in [0, 0.1) is 0 Å². The molecule has 3 aromatic rings. The van der Waals surface area contributed by atoms with Crippen LogP contribution in [0.3, 0.4) is 0 Å². The normalized spacial score (nSPS) is 13.0. The second-order valence-corrected chi connectivity index (χ2v) is 7.16. The number of pyridine rings is 1. The van der Waals surface area contributed by atoms with Crippen LogP contribution in [0.25, 0.3) is 21.9 Å². The van der Waals surface area contributed by atoms with Crippen LogP contribution in [-0.4, -0.2) is 28.8 Å². The molecule has 2 heterocycles. The first-order valence-corrected chi connectivity index (χ1v) is 7.88. The minimum atomic E-state index is -0.954. The van der Waals surface area contributed by atoms with E-state index >= 15 is 0 Å². The summed E-state index contributed by atoms with van der Waals surface area (Å²) in [5.74, 6) is 0. The van der Waals surface area contributed by atoms with Crippen LogP contribution >= 0.6 is 11.6 Å². The molecule has 0 aliphatic heterocycles. The number of benzene rings is 1. The van der Waals surface area contributed by atoms with E-state index in [1.54, 1.807) is 26.2 Å². The predicted octanol–water partition coefficient (Wildman–Crippen LogP) is 3.18. The third kappa shape index (κ3) is 2.85. The molecule has 0 bridgehead atoms. The molecule has 0 radical (unpaired) electrons. The topological polar surface area (TPSA) is 55.5 Å². The molecule has 1 N–H and O–H groups in total. The van der Waals surface area contributed by atoms with E-state index in [9.17, 15) is 5.11 Å². The lowest BCUT2D eigenvalue weighted by molar-refractivity contribution is -0.0893. The van der Waals surface area contributed by atoms with Gasteiger partial charge in [-0.1, -0.05) is 23.7 Å². The van der Waals surface area contributed by atoms with Crippen molar-refractivity contribution in [1.82, 2.24) is 4.98 Å². The summed E-state index contributed by atoms with van der Waals surface area (Å²) in [6.07, 6.45) is 3.32. The lowest BCUT2D eigenvalue weighted by Crippen LogP contribution is -2.49. The molecule has 4 nitrogen and oxygen atoms in total. The Morgan fingerprint density at radius 3 is 2.65 bits per heavy atom. The fraction of sp³-hybridized carbons (Fsp3) is 0.353. The third-order valence-corrected chi connectivity index (χ3v) is 4.78. The highest BCUT2D eigenvalue weighted by Crippen LogP contribution is 2.31. The summed E-state index contributed by atoms with van der Waals surface area (Å²) >= 11 is 6.17. The van der Waals surface area contributed by atoms with Gasteiger partial charge in [0.1, 0.15) is 10.6 Å². The van der Waals surface area contributed by atoms with Crippen molar-refractivity contribution in [1.29, 1.82) is 0 Å². The molecule has 0 aliphatic carbocycles. The van der Waals surface area contributed by atoms with Gasteiger partial charge >= 0.3 is 7.48 Å². The highest BCUT2D eigenvalue weighted by molar-refractivity contribution is 6.53. The van der Waals surface area contributed by atoms with Crippen LogP contribution in [0.4, 0.5) is 0 Å². The van der Waals surface area contributed by atoms with E-state index < -0.39 is 11.2 Å². The molecule has 6 heteroatoms. The summed E-state index contributed by atoms with van der Waals surface area (Å²) in [4.78, 5) is 4.15. The van der Waals surface area contributed by atoms with Crippen LogP contribution in [0.5, 0.6) is 0 Å². The van der Waals surface area contributed by atoms with Crippen molar-refractivity contribution in [3.05, 3.63) is 35.6 Å². The Bertz CT molecular complexity index is 867. The predicted molar refractivity (Wildman–Crippen MR) is 94.8 cm³/mol. The molecule has 0 atom stereocenters. The maximum atomic E-state index is 10.2. The zero-order valence-corrected chi connectivity index (χ0v) is 14.4. The molecule has 1 aromatic carbocycles. The molecule has 0 aliphatic rings. The Kier molecular flexibility index (Phi) is 3.91. The van der Waals surface area contributed by atoms with Crippen LogP contribution in [0.15, 0.2) is 35.0 Å². The zero-order valence-electron chi connectivity index (χ0n) is 13.7. The molecule has 0 fully saturated rings. The average molecular weight is 332 g/mol. The lowest BCUT2D eigenvalue weighted by atomic mass is 9.81. The first-order chi connectivity index (χ1) is 10.7. The Morgan fingerprint density at radius 2 is 1.96 bits per heavy atom. The highest BCUT2D eigenvalue weighted by atomic mass is 35.5. The molecule has 0 saturated carbocycles. The fourth-order valence-electron chi connectivity index (χ4n) is 2.34. The van der Waals surface area contributed by atoms with Crippen LogP contribution < -0.4 is 5.46 Å². The molecule has 3 rings (SSSR count). The van der Waals surface area contributed by atoms with Crippen molar-refractivity contribution in [2.24, 2.45) is 0 Å². The molecular formula is C17H19BClNO3. The summed E-state index contributed by atoms with van der Waals surface area (Å²) in [5.41, 5.74) is 0.708. The van der Waals surface area contributed by atoms with Gasteiger partial charge in [-0.15, -0.1) is 0 Å². The van der Waals surface area contributed by atoms with Crippen molar-refractivity contribution in [3.8, 4) is 0 Å². The number of aromatic nitrogens is 1. The third-order valence-electron chi connectivity index (χ3n) is 4.51. The zero-order chi connectivity index (χ0) is 16.8. The van der Waals surface area contributed by atoms with Gasteiger partial charge < -0.3 is 14.2 Å². The van der Waals surface area contributed by atoms with E-state index in [0.29, 0.717) is 18.1 Å². The first-order valence-electron chi connectivity index (χ1n) is 7.50. The van der Waals surface area contributed by atoms with E-state index in [1.165, 1.54) is 0 Å². The van der Waals surface area contributed by atoms with E-state index in [2.05, 4.69) is 4.98 Å². The molecule has 2 aromatic heterocycles. The van der Waals surface area contributed by atoms with Gasteiger partial charge in [0, 0.05) is 23.2 Å². The molecule has 120 valence electrons. The summed E-state index contributed by atoms with van der Waals surface area (Å²) in [6.45, 7) is 7.23. The Hall–Kier alpha value is -1.56. The maximum Gasteiger partial charge on any atom is 0.310 e. The van der Waals surface area contributed by atoms with Gasteiger partial charge in [0.25, 0.3) is 0 Å². The van der Waals surface area contributed by atoms with Gasteiger partial charge in [-0.2, -0.15) is 0 Å². The summed E-state index contributed by atoms with van der Waals surface area (Å²) in [5, 5.41) is 12.5. The van der Waals surface area contributed by atoms with Crippen molar-refractivity contribution in [2.45, 2.75) is 38.9 Å². The summed E-state index contributed by atoms with van der Waals surface area (Å²) < 4.78 is 11.8. The smallest absolute Gasteiger partial charge is 0.310 e. The molecular weight excluding hydrogens is 312 g/mol. The van der Waals surface area contributed by atoms with Crippen LogP contribution in [0.2, 0.25) is 5.02 Å². The lowest BCUT2D eigenvalue weighted by Gasteiger charge is -2.37. The molecule has 0 unspecified atom stereocenters. The molecule has 0 amide bonds. The standard InChI is InChI=1S/C17H19BClNO3/c1-16(2,21)17(3,4)23-18-11-6-5-7-13-14(11)10-8-20-9-12(19)15(10)22-13/h5-9,18,21H,1-4H3. The SMILES string of the molecule is CC(C)(O)C(C)(C)OBc1cccc2oc3c(Cl)cncc3c12. The summed E-state index contributed by atoms with van der Waals surface area (Å²) in [6, 6.07) is 5.80. The van der Waals surface area contributed by atoms with Gasteiger partial charge in [0.15, 0.2) is 5.58 Å². The van der Waals surface area contributed by atoms with E-state index in [1.807, 2.05) is 32.0 Å².